The van der Waals surface area contributed by atoms with Gasteiger partial charge in [0.05, 0.1) is 21.8 Å². The summed E-state index contributed by atoms with van der Waals surface area (Å²) in [4.78, 5) is 16.1. The van der Waals surface area contributed by atoms with Crippen molar-refractivity contribution >= 4 is 27.5 Å². The lowest BCUT2D eigenvalue weighted by Gasteiger charge is -2.03. The fourth-order valence-electron chi connectivity index (χ4n) is 2.08. The smallest absolute Gasteiger partial charge is 0.251 e. The third-order valence-corrected chi connectivity index (χ3v) is 4.26. The van der Waals surface area contributed by atoms with Gasteiger partial charge in [-0.15, -0.1) is 11.3 Å². The van der Waals surface area contributed by atoms with Crippen LogP contribution in [0.25, 0.3) is 20.8 Å². The van der Waals surface area contributed by atoms with E-state index in [1.807, 2.05) is 0 Å². The molecule has 6 heteroatoms. The Morgan fingerprint density at radius 2 is 2.14 bits per heavy atom. The molecule has 0 aliphatic carbocycles. The molecule has 0 atom stereocenters. The van der Waals surface area contributed by atoms with Gasteiger partial charge in [0, 0.05) is 18.2 Å². The molecule has 0 aliphatic rings. The van der Waals surface area contributed by atoms with Crippen LogP contribution in [-0.4, -0.2) is 17.9 Å². The Morgan fingerprint density at radius 3 is 2.86 bits per heavy atom. The van der Waals surface area contributed by atoms with Crippen molar-refractivity contribution in [2.75, 3.05) is 7.05 Å². The van der Waals surface area contributed by atoms with Gasteiger partial charge in [-0.05, 0) is 36.4 Å². The van der Waals surface area contributed by atoms with Gasteiger partial charge in [-0.25, -0.2) is 9.37 Å². The lowest BCUT2D eigenvalue weighted by molar-refractivity contribution is 0.0963. The molecule has 0 aliphatic heterocycles. The van der Waals surface area contributed by atoms with E-state index in [2.05, 4.69) is 16.4 Å². The van der Waals surface area contributed by atoms with Crippen LogP contribution in [0.1, 0.15) is 15.9 Å². The fraction of sp³-hybridized carbons (Fsp3) is 0.0625. The highest BCUT2D eigenvalue weighted by atomic mass is 32.1. The van der Waals surface area contributed by atoms with Gasteiger partial charge in [-0.2, -0.15) is 5.26 Å². The molecule has 0 spiro atoms. The maximum absolute atomic E-state index is 14.1. The molecule has 0 saturated carbocycles. The van der Waals surface area contributed by atoms with Crippen LogP contribution in [-0.2, 0) is 0 Å². The number of fused-ring (bicyclic) bond motifs is 1. The minimum Gasteiger partial charge on any atom is -0.355 e. The maximum Gasteiger partial charge on any atom is 0.251 e. The van der Waals surface area contributed by atoms with Crippen LogP contribution in [0.2, 0.25) is 0 Å². The number of thiazole rings is 1. The first-order chi connectivity index (χ1) is 10.6. The summed E-state index contributed by atoms with van der Waals surface area (Å²) in [6.45, 7) is 0. The van der Waals surface area contributed by atoms with Crippen molar-refractivity contribution in [2.45, 2.75) is 0 Å². The maximum atomic E-state index is 14.1. The molecule has 0 saturated heterocycles. The van der Waals surface area contributed by atoms with Gasteiger partial charge in [-0.3, -0.25) is 4.79 Å². The number of carbonyl (C=O) groups excluding carboxylic acids is 1. The van der Waals surface area contributed by atoms with Crippen molar-refractivity contribution < 1.29 is 9.18 Å². The number of nitrogens with one attached hydrogen (secondary N) is 1. The van der Waals surface area contributed by atoms with Gasteiger partial charge >= 0.3 is 0 Å². The molecular weight excluding hydrogens is 301 g/mol. The topological polar surface area (TPSA) is 65.8 Å². The first-order valence-electron chi connectivity index (χ1n) is 6.45. The highest BCUT2D eigenvalue weighted by Gasteiger charge is 2.14. The second kappa shape index (κ2) is 5.54. The predicted octanol–water partition coefficient (Wildman–Crippen LogP) is 3.33. The number of aromatic nitrogens is 1. The number of nitrogens with zero attached hydrogens (tertiary/aromatic N) is 2. The average molecular weight is 311 g/mol. The molecule has 22 heavy (non-hydrogen) atoms. The Balaban J connectivity index is 2.14. The zero-order chi connectivity index (χ0) is 15.7. The number of halogens is 1. The third kappa shape index (κ3) is 2.43. The van der Waals surface area contributed by atoms with Crippen LogP contribution >= 0.6 is 11.3 Å². The van der Waals surface area contributed by atoms with E-state index in [0.29, 0.717) is 21.7 Å². The van der Waals surface area contributed by atoms with E-state index < -0.39 is 5.82 Å². The Hall–Kier alpha value is -2.78. The molecule has 0 radical (unpaired) electrons. The Bertz CT molecular complexity index is 927. The predicted molar refractivity (Wildman–Crippen MR) is 83.1 cm³/mol. The second-order valence-corrected chi connectivity index (χ2v) is 5.62. The van der Waals surface area contributed by atoms with Crippen LogP contribution in [0.5, 0.6) is 0 Å². The third-order valence-electron chi connectivity index (χ3n) is 3.20. The second-order valence-electron chi connectivity index (χ2n) is 4.59. The van der Waals surface area contributed by atoms with Crippen molar-refractivity contribution in [2.24, 2.45) is 0 Å². The van der Waals surface area contributed by atoms with Crippen molar-refractivity contribution in [3.8, 4) is 16.6 Å². The molecule has 1 amide bonds. The molecular formula is C16H10FN3OS. The minimum absolute atomic E-state index is 0.279. The standard InChI is InChI=1S/C16H10FN3OS/c1-19-15(21)10-3-4-12(17)11(7-10)16-20-13-5-2-9(8-18)6-14(13)22-16/h2-7H,1H3,(H,19,21). The molecule has 3 rings (SSSR count). The van der Waals surface area contributed by atoms with E-state index in [0.717, 1.165) is 4.70 Å². The summed E-state index contributed by atoms with van der Waals surface area (Å²) < 4.78 is 14.9. The first kappa shape index (κ1) is 14.2. The van der Waals surface area contributed by atoms with E-state index in [1.165, 1.54) is 36.6 Å². The zero-order valence-corrected chi connectivity index (χ0v) is 12.4. The number of carbonyl (C=O) groups is 1. The Kier molecular flexibility index (Phi) is 3.57. The Morgan fingerprint density at radius 1 is 1.32 bits per heavy atom. The van der Waals surface area contributed by atoms with Crippen LogP contribution in [0.3, 0.4) is 0 Å². The Labute approximate surface area is 129 Å². The highest BCUT2D eigenvalue weighted by Crippen LogP contribution is 2.32. The van der Waals surface area contributed by atoms with Crippen LogP contribution in [0.15, 0.2) is 36.4 Å². The molecule has 3 aromatic rings. The first-order valence-corrected chi connectivity index (χ1v) is 7.26. The molecule has 0 fully saturated rings. The van der Waals surface area contributed by atoms with E-state index in [4.69, 9.17) is 5.26 Å². The molecule has 1 aromatic heterocycles. The van der Waals surface area contributed by atoms with Gasteiger partial charge in [0.25, 0.3) is 5.91 Å². The van der Waals surface area contributed by atoms with Gasteiger partial charge in [0.15, 0.2) is 0 Å². The van der Waals surface area contributed by atoms with E-state index in [1.54, 1.807) is 18.2 Å². The molecule has 0 unspecified atom stereocenters. The van der Waals surface area contributed by atoms with Crippen molar-refractivity contribution in [3.05, 3.63) is 53.3 Å². The summed E-state index contributed by atoms with van der Waals surface area (Å²) in [6.07, 6.45) is 0. The number of nitriles is 1. The van der Waals surface area contributed by atoms with Crippen LogP contribution in [0, 0.1) is 17.1 Å². The summed E-state index contributed by atoms with van der Waals surface area (Å²) in [5.74, 6) is -0.721. The summed E-state index contributed by atoms with van der Waals surface area (Å²) >= 11 is 1.29. The van der Waals surface area contributed by atoms with Crippen molar-refractivity contribution in [3.63, 3.8) is 0 Å². The quantitative estimate of drug-likeness (QED) is 0.789. The number of benzene rings is 2. The van der Waals surface area contributed by atoms with E-state index in [-0.39, 0.29) is 11.5 Å². The highest BCUT2D eigenvalue weighted by molar-refractivity contribution is 7.21. The molecule has 0 bridgehead atoms. The van der Waals surface area contributed by atoms with Gasteiger partial charge in [-0.1, -0.05) is 0 Å². The minimum atomic E-state index is -0.438. The summed E-state index contributed by atoms with van der Waals surface area (Å²) in [6, 6.07) is 11.4. The van der Waals surface area contributed by atoms with E-state index >= 15 is 0 Å². The average Bonchev–Trinajstić information content (AvgIpc) is 2.97. The van der Waals surface area contributed by atoms with Crippen molar-refractivity contribution in [1.82, 2.24) is 10.3 Å². The van der Waals surface area contributed by atoms with Gasteiger partial charge in [0.2, 0.25) is 0 Å². The number of amides is 1. The summed E-state index contributed by atoms with van der Waals surface area (Å²) in [5, 5.41) is 11.9. The normalized spacial score (nSPS) is 10.4. The number of hydrogen-bond acceptors (Lipinski definition) is 4. The molecule has 2 aromatic carbocycles. The van der Waals surface area contributed by atoms with Gasteiger partial charge < -0.3 is 5.32 Å². The fourth-order valence-corrected chi connectivity index (χ4v) is 3.11. The number of rotatable bonds is 2. The molecule has 4 nitrogen and oxygen atoms in total. The summed E-state index contributed by atoms with van der Waals surface area (Å²) in [5.41, 5.74) is 1.88. The largest absolute Gasteiger partial charge is 0.355 e. The molecule has 1 heterocycles. The lowest BCUT2D eigenvalue weighted by atomic mass is 10.1. The SMILES string of the molecule is CNC(=O)c1ccc(F)c(-c2nc3ccc(C#N)cc3s2)c1. The van der Waals surface area contributed by atoms with Crippen molar-refractivity contribution in [1.29, 1.82) is 5.26 Å². The number of hydrogen-bond donors (Lipinski definition) is 1. The lowest BCUT2D eigenvalue weighted by Crippen LogP contribution is -2.17. The molecule has 108 valence electrons. The monoisotopic (exact) mass is 311 g/mol. The van der Waals surface area contributed by atoms with Gasteiger partial charge in [0.1, 0.15) is 10.8 Å². The van der Waals surface area contributed by atoms with Crippen LogP contribution < -0.4 is 5.32 Å². The zero-order valence-electron chi connectivity index (χ0n) is 11.6. The summed E-state index contributed by atoms with van der Waals surface area (Å²) in [7, 11) is 1.52. The van der Waals surface area contributed by atoms with E-state index in [9.17, 15) is 9.18 Å². The van der Waals surface area contributed by atoms with Crippen LogP contribution in [0.4, 0.5) is 4.39 Å². The molecule has 1 N–H and O–H groups in total.